The molecule has 1 aromatic carbocycles. The van der Waals surface area contributed by atoms with E-state index in [1.54, 1.807) is 12.4 Å². The van der Waals surface area contributed by atoms with Crippen LogP contribution in [0.15, 0.2) is 36.8 Å². The van der Waals surface area contributed by atoms with Crippen molar-refractivity contribution < 1.29 is 4.79 Å². The van der Waals surface area contributed by atoms with Crippen molar-refractivity contribution in [1.29, 1.82) is 0 Å². The summed E-state index contributed by atoms with van der Waals surface area (Å²) in [7, 11) is 2.06. The maximum Gasteiger partial charge on any atom is 0.253 e. The maximum atomic E-state index is 12.8. The first-order valence-electron chi connectivity index (χ1n) is 7.64. The van der Waals surface area contributed by atoms with Crippen molar-refractivity contribution in [2.24, 2.45) is 0 Å². The molecule has 0 unspecified atom stereocenters. The van der Waals surface area contributed by atoms with Gasteiger partial charge in [0.15, 0.2) is 0 Å². The number of nitrogens with one attached hydrogen (secondary N) is 2. The number of fused-ring (bicyclic) bond motifs is 1. The van der Waals surface area contributed by atoms with Crippen LogP contribution in [-0.4, -0.2) is 62.6 Å². The number of hydrogen-bond acceptors (Lipinski definition) is 4. The zero-order chi connectivity index (χ0) is 15.8. The molecule has 2 aromatic heterocycles. The van der Waals surface area contributed by atoms with E-state index in [1.807, 2.05) is 29.3 Å². The number of likely N-dealkylation sites (N-methyl/N-ethyl adjacent to an activating group) is 1. The summed E-state index contributed by atoms with van der Waals surface area (Å²) in [5.41, 5.74) is 1.63. The Morgan fingerprint density at radius 1 is 1.35 bits per heavy atom. The van der Waals surface area contributed by atoms with Crippen molar-refractivity contribution in [2.45, 2.75) is 6.04 Å². The molecular weight excluding hydrogens is 292 g/mol. The molecule has 2 N–H and O–H groups in total. The Morgan fingerprint density at radius 3 is 3.09 bits per heavy atom. The van der Waals surface area contributed by atoms with E-state index in [1.165, 1.54) is 0 Å². The highest BCUT2D eigenvalue weighted by Crippen LogP contribution is 2.23. The van der Waals surface area contributed by atoms with Gasteiger partial charge in [0.25, 0.3) is 5.91 Å². The van der Waals surface area contributed by atoms with Gasteiger partial charge < -0.3 is 9.88 Å². The fourth-order valence-electron chi connectivity index (χ4n) is 3.07. The molecule has 1 amide bonds. The molecule has 7 nitrogen and oxygen atoms in total. The molecule has 4 rings (SSSR count). The van der Waals surface area contributed by atoms with Gasteiger partial charge in [-0.15, -0.1) is 0 Å². The molecule has 1 fully saturated rings. The number of aromatic nitrogens is 4. The number of carbonyl (C=O) groups is 1. The fraction of sp³-hybridized carbons (Fsp3) is 0.312. The van der Waals surface area contributed by atoms with Gasteiger partial charge in [0, 0.05) is 43.0 Å². The van der Waals surface area contributed by atoms with Crippen LogP contribution in [0.3, 0.4) is 0 Å². The lowest BCUT2D eigenvalue weighted by Gasteiger charge is -2.38. The minimum atomic E-state index is 0.0535. The minimum absolute atomic E-state index is 0.0535. The summed E-state index contributed by atoms with van der Waals surface area (Å²) in [6.07, 6.45) is 5.30. The minimum Gasteiger partial charge on any atom is -0.347 e. The van der Waals surface area contributed by atoms with Crippen molar-refractivity contribution in [2.75, 3.05) is 26.7 Å². The molecule has 0 spiro atoms. The second-order valence-electron chi connectivity index (χ2n) is 5.89. The van der Waals surface area contributed by atoms with E-state index in [4.69, 9.17) is 0 Å². The summed E-state index contributed by atoms with van der Waals surface area (Å²) in [4.78, 5) is 24.5. The van der Waals surface area contributed by atoms with Crippen LogP contribution in [0.2, 0.25) is 0 Å². The average molecular weight is 310 g/mol. The summed E-state index contributed by atoms with van der Waals surface area (Å²) in [6, 6.07) is 5.74. The molecule has 0 saturated carbocycles. The molecule has 3 heterocycles. The van der Waals surface area contributed by atoms with E-state index < -0.39 is 0 Å². The fourth-order valence-corrected chi connectivity index (χ4v) is 3.07. The summed E-state index contributed by atoms with van der Waals surface area (Å²) in [5.74, 6) is 0.952. The molecule has 1 aliphatic heterocycles. The molecule has 0 radical (unpaired) electrons. The van der Waals surface area contributed by atoms with Gasteiger partial charge in [-0.25, -0.2) is 4.98 Å². The number of nitrogens with zero attached hydrogens (tertiary/aromatic N) is 4. The molecule has 0 aliphatic carbocycles. The normalized spacial score (nSPS) is 19.3. The van der Waals surface area contributed by atoms with Crippen LogP contribution in [-0.2, 0) is 0 Å². The Labute approximate surface area is 133 Å². The van der Waals surface area contributed by atoms with Gasteiger partial charge in [0.05, 0.1) is 17.8 Å². The largest absolute Gasteiger partial charge is 0.347 e. The average Bonchev–Trinajstić information content (AvgIpc) is 3.25. The first-order valence-corrected chi connectivity index (χ1v) is 7.64. The summed E-state index contributed by atoms with van der Waals surface area (Å²) < 4.78 is 0. The molecule has 1 saturated heterocycles. The molecule has 7 heteroatoms. The van der Waals surface area contributed by atoms with Crippen LogP contribution in [0.4, 0.5) is 0 Å². The van der Waals surface area contributed by atoms with Crippen molar-refractivity contribution in [3.8, 4) is 0 Å². The number of imidazole rings is 1. The lowest BCUT2D eigenvalue weighted by molar-refractivity contribution is 0.0534. The van der Waals surface area contributed by atoms with Crippen molar-refractivity contribution in [1.82, 2.24) is 30.0 Å². The van der Waals surface area contributed by atoms with Crippen molar-refractivity contribution >= 4 is 16.8 Å². The Bertz CT molecular complexity index is 824. The Hall–Kier alpha value is -2.67. The van der Waals surface area contributed by atoms with Crippen LogP contribution in [0.5, 0.6) is 0 Å². The lowest BCUT2D eigenvalue weighted by atomic mass is 10.1. The van der Waals surface area contributed by atoms with Gasteiger partial charge >= 0.3 is 0 Å². The molecular formula is C16H18N6O. The van der Waals surface area contributed by atoms with Crippen molar-refractivity contribution in [3.63, 3.8) is 0 Å². The van der Waals surface area contributed by atoms with Gasteiger partial charge in [0.2, 0.25) is 0 Å². The highest BCUT2D eigenvalue weighted by molar-refractivity contribution is 5.98. The predicted octanol–water partition coefficient (Wildman–Crippen LogP) is 1.41. The SMILES string of the molecule is CN1CCN(C(=O)c2ccc3[nH]ncc3c2)C[C@H]1c1ncc[nH]1. The molecule has 1 aliphatic rings. The van der Waals surface area contributed by atoms with E-state index in [9.17, 15) is 4.79 Å². The maximum absolute atomic E-state index is 12.8. The zero-order valence-electron chi connectivity index (χ0n) is 12.9. The third kappa shape index (κ3) is 2.49. The molecule has 3 aromatic rings. The number of rotatable bonds is 2. The van der Waals surface area contributed by atoms with E-state index in [0.29, 0.717) is 12.1 Å². The van der Waals surface area contributed by atoms with Crippen LogP contribution < -0.4 is 0 Å². The second-order valence-corrected chi connectivity index (χ2v) is 5.89. The number of aromatic amines is 2. The van der Waals surface area contributed by atoms with Crippen LogP contribution in [0.1, 0.15) is 22.2 Å². The van der Waals surface area contributed by atoms with Crippen LogP contribution >= 0.6 is 0 Å². The summed E-state index contributed by atoms with van der Waals surface area (Å²) >= 11 is 0. The van der Waals surface area contributed by atoms with Gasteiger partial charge in [0.1, 0.15) is 5.82 Å². The van der Waals surface area contributed by atoms with Gasteiger partial charge in [-0.3, -0.25) is 14.8 Å². The first kappa shape index (κ1) is 14.0. The predicted molar refractivity (Wildman–Crippen MR) is 86.0 cm³/mol. The number of hydrogen-bond donors (Lipinski definition) is 2. The standard InChI is InChI=1S/C16H18N6O/c1-21-6-7-22(10-14(21)15-17-4-5-18-15)16(23)11-2-3-13-12(8-11)9-19-20-13/h2-5,8-9,14H,6-7,10H2,1H3,(H,17,18)(H,19,20)/t14-/m0/s1. The molecule has 118 valence electrons. The molecule has 1 atom stereocenters. The van der Waals surface area contributed by atoms with E-state index >= 15 is 0 Å². The van der Waals surface area contributed by atoms with Gasteiger partial charge in [-0.1, -0.05) is 0 Å². The Morgan fingerprint density at radius 2 is 2.26 bits per heavy atom. The van der Waals surface area contributed by atoms with E-state index in [2.05, 4.69) is 32.1 Å². The van der Waals surface area contributed by atoms with Gasteiger partial charge in [-0.05, 0) is 25.2 Å². The third-order valence-corrected chi connectivity index (χ3v) is 4.46. The quantitative estimate of drug-likeness (QED) is 0.750. The summed E-state index contributed by atoms with van der Waals surface area (Å²) in [6.45, 7) is 2.17. The Kier molecular flexibility index (Phi) is 3.34. The first-order chi connectivity index (χ1) is 11.2. The van der Waals surface area contributed by atoms with Crippen molar-refractivity contribution in [3.05, 3.63) is 48.2 Å². The molecule has 0 bridgehead atoms. The highest BCUT2D eigenvalue weighted by atomic mass is 16.2. The second kappa shape index (κ2) is 5.51. The topological polar surface area (TPSA) is 80.9 Å². The zero-order valence-corrected chi connectivity index (χ0v) is 12.9. The van der Waals surface area contributed by atoms with E-state index in [0.717, 1.165) is 29.8 Å². The molecule has 23 heavy (non-hydrogen) atoms. The van der Waals surface area contributed by atoms with E-state index in [-0.39, 0.29) is 11.9 Å². The number of amides is 1. The highest BCUT2D eigenvalue weighted by Gasteiger charge is 2.30. The van der Waals surface area contributed by atoms with Gasteiger partial charge in [-0.2, -0.15) is 5.10 Å². The lowest BCUT2D eigenvalue weighted by Crippen LogP contribution is -2.49. The van der Waals surface area contributed by atoms with Crippen LogP contribution in [0.25, 0.3) is 10.9 Å². The monoisotopic (exact) mass is 310 g/mol. The summed E-state index contributed by atoms with van der Waals surface area (Å²) in [5, 5.41) is 7.86. The van der Waals surface area contributed by atoms with Crippen LogP contribution in [0, 0.1) is 0 Å². The number of piperazine rings is 1. The number of H-pyrrole nitrogens is 2. The smallest absolute Gasteiger partial charge is 0.253 e. The third-order valence-electron chi connectivity index (χ3n) is 4.46. The number of carbonyl (C=O) groups excluding carboxylic acids is 1. The Balaban J connectivity index is 1.58. The number of benzene rings is 1.